The van der Waals surface area contributed by atoms with Crippen LogP contribution in [-0.4, -0.2) is 9.55 Å². The van der Waals surface area contributed by atoms with Crippen molar-refractivity contribution in [3.63, 3.8) is 0 Å². The van der Waals surface area contributed by atoms with Gasteiger partial charge in [-0.1, -0.05) is 0 Å². The van der Waals surface area contributed by atoms with Crippen LogP contribution in [0.3, 0.4) is 0 Å². The number of thiophene rings is 1. The maximum absolute atomic E-state index is 11.2. The fourth-order valence-electron chi connectivity index (χ4n) is 1.16. The molecule has 0 aliphatic rings. The van der Waals surface area contributed by atoms with Gasteiger partial charge in [0.05, 0.1) is 3.79 Å². The lowest BCUT2D eigenvalue weighted by atomic mass is 10.3. The summed E-state index contributed by atoms with van der Waals surface area (Å²) in [6, 6.07) is 3.89. The Morgan fingerprint density at radius 1 is 1.53 bits per heavy atom. The van der Waals surface area contributed by atoms with E-state index in [9.17, 15) is 4.79 Å². The van der Waals surface area contributed by atoms with Crippen LogP contribution < -0.4 is 11.3 Å². The van der Waals surface area contributed by atoms with Gasteiger partial charge in [-0.25, -0.2) is 0 Å². The Bertz CT molecular complexity index is 534. The van der Waals surface area contributed by atoms with Crippen molar-refractivity contribution in [3.05, 3.63) is 44.4 Å². The molecule has 0 atom stereocenters. The maximum atomic E-state index is 11.2. The van der Waals surface area contributed by atoms with E-state index in [4.69, 9.17) is 5.73 Å². The molecule has 2 N–H and O–H groups in total. The lowest BCUT2D eigenvalue weighted by molar-refractivity contribution is 0.908. The summed E-state index contributed by atoms with van der Waals surface area (Å²) in [5.74, 6) is 0. The van der Waals surface area contributed by atoms with Crippen molar-refractivity contribution in [2.75, 3.05) is 0 Å². The van der Waals surface area contributed by atoms with Crippen molar-refractivity contribution >= 4 is 27.3 Å². The van der Waals surface area contributed by atoms with Crippen LogP contribution in [0.5, 0.6) is 0 Å². The number of hydrogen-bond donors (Lipinski definition) is 1. The van der Waals surface area contributed by atoms with E-state index in [-0.39, 0.29) is 12.1 Å². The lowest BCUT2D eigenvalue weighted by Gasteiger charge is -2.03. The molecule has 78 valence electrons. The summed E-state index contributed by atoms with van der Waals surface area (Å²) in [4.78, 5) is 15.0. The molecule has 2 rings (SSSR count). The molecule has 0 aliphatic heterocycles. The molecule has 0 spiro atoms. The van der Waals surface area contributed by atoms with E-state index in [0.29, 0.717) is 5.56 Å². The summed E-state index contributed by atoms with van der Waals surface area (Å²) >= 11 is 4.94. The Morgan fingerprint density at radius 3 is 2.93 bits per heavy atom. The SMILES string of the molecule is NCc1cn(-c2ccc(Br)s2)cnc1=O. The van der Waals surface area contributed by atoms with Gasteiger partial charge in [0.2, 0.25) is 0 Å². The summed E-state index contributed by atoms with van der Waals surface area (Å²) < 4.78 is 2.82. The summed E-state index contributed by atoms with van der Waals surface area (Å²) in [7, 11) is 0. The zero-order valence-electron chi connectivity index (χ0n) is 7.68. The topological polar surface area (TPSA) is 60.9 Å². The molecule has 0 fully saturated rings. The highest BCUT2D eigenvalue weighted by Crippen LogP contribution is 2.24. The van der Waals surface area contributed by atoms with Crippen molar-refractivity contribution in [3.8, 4) is 5.00 Å². The van der Waals surface area contributed by atoms with Crippen LogP contribution in [0.15, 0.2) is 33.2 Å². The first kappa shape index (κ1) is 10.5. The number of nitrogens with two attached hydrogens (primary N) is 1. The van der Waals surface area contributed by atoms with Crippen LogP contribution in [0.4, 0.5) is 0 Å². The quantitative estimate of drug-likeness (QED) is 0.910. The van der Waals surface area contributed by atoms with E-state index in [1.165, 1.54) is 6.33 Å². The van der Waals surface area contributed by atoms with Gasteiger partial charge in [0.15, 0.2) is 0 Å². The molecule has 0 unspecified atom stereocenters. The third-order valence-corrected chi connectivity index (χ3v) is 3.54. The molecule has 4 nitrogen and oxygen atoms in total. The molecule has 0 saturated heterocycles. The zero-order valence-corrected chi connectivity index (χ0v) is 10.1. The molecule has 0 bridgehead atoms. The Balaban J connectivity index is 2.50. The fourth-order valence-corrected chi connectivity index (χ4v) is 2.46. The molecular weight excluding hydrogens is 278 g/mol. The molecule has 2 aromatic heterocycles. The first-order chi connectivity index (χ1) is 7.20. The Morgan fingerprint density at radius 2 is 2.33 bits per heavy atom. The van der Waals surface area contributed by atoms with Gasteiger partial charge in [-0.15, -0.1) is 11.3 Å². The van der Waals surface area contributed by atoms with E-state index in [1.54, 1.807) is 22.1 Å². The number of nitrogens with zero attached hydrogens (tertiary/aromatic N) is 2. The first-order valence-corrected chi connectivity index (χ1v) is 5.84. The first-order valence-electron chi connectivity index (χ1n) is 4.23. The summed E-state index contributed by atoms with van der Waals surface area (Å²) in [5, 5.41) is 0.990. The van der Waals surface area contributed by atoms with Gasteiger partial charge >= 0.3 is 0 Å². The molecule has 2 aromatic rings. The summed E-state index contributed by atoms with van der Waals surface area (Å²) in [6.45, 7) is 0.208. The van der Waals surface area contributed by atoms with Gasteiger partial charge in [-0.2, -0.15) is 4.98 Å². The number of halogens is 1. The minimum atomic E-state index is -0.260. The van der Waals surface area contributed by atoms with E-state index < -0.39 is 0 Å². The van der Waals surface area contributed by atoms with Gasteiger partial charge in [0.25, 0.3) is 5.56 Å². The summed E-state index contributed by atoms with van der Waals surface area (Å²) in [6.07, 6.45) is 3.22. The highest BCUT2D eigenvalue weighted by molar-refractivity contribution is 9.11. The van der Waals surface area contributed by atoms with Crippen molar-refractivity contribution in [1.29, 1.82) is 0 Å². The van der Waals surface area contributed by atoms with Gasteiger partial charge in [-0.3, -0.25) is 9.36 Å². The second-order valence-corrected chi connectivity index (χ2v) is 5.33. The van der Waals surface area contributed by atoms with Crippen LogP contribution in [0, 0.1) is 0 Å². The van der Waals surface area contributed by atoms with E-state index in [2.05, 4.69) is 20.9 Å². The summed E-state index contributed by atoms with van der Waals surface area (Å²) in [5.41, 5.74) is 5.70. The van der Waals surface area contributed by atoms with Crippen molar-refractivity contribution in [2.45, 2.75) is 6.54 Å². The molecular formula is C9H8BrN3OS. The van der Waals surface area contributed by atoms with E-state index in [0.717, 1.165) is 8.79 Å². The largest absolute Gasteiger partial charge is 0.326 e. The molecule has 2 heterocycles. The van der Waals surface area contributed by atoms with Crippen molar-refractivity contribution < 1.29 is 0 Å². The second kappa shape index (κ2) is 4.26. The molecule has 15 heavy (non-hydrogen) atoms. The van der Waals surface area contributed by atoms with Crippen molar-refractivity contribution in [2.24, 2.45) is 5.73 Å². The van der Waals surface area contributed by atoms with Crippen LogP contribution in [0.25, 0.3) is 5.00 Å². The van der Waals surface area contributed by atoms with Crippen LogP contribution in [-0.2, 0) is 6.54 Å². The minimum Gasteiger partial charge on any atom is -0.326 e. The third-order valence-electron chi connectivity index (χ3n) is 1.90. The van der Waals surface area contributed by atoms with Crippen LogP contribution in [0.1, 0.15) is 5.56 Å². The van der Waals surface area contributed by atoms with Gasteiger partial charge in [0, 0.05) is 18.3 Å². The monoisotopic (exact) mass is 285 g/mol. The fraction of sp³-hybridized carbons (Fsp3) is 0.111. The van der Waals surface area contributed by atoms with E-state index in [1.807, 2.05) is 12.1 Å². The number of rotatable bonds is 2. The maximum Gasteiger partial charge on any atom is 0.277 e. The minimum absolute atomic E-state index is 0.208. The normalized spacial score (nSPS) is 10.5. The lowest BCUT2D eigenvalue weighted by Crippen LogP contribution is -2.18. The van der Waals surface area contributed by atoms with Gasteiger partial charge in [0.1, 0.15) is 11.3 Å². The van der Waals surface area contributed by atoms with E-state index >= 15 is 0 Å². The average molecular weight is 286 g/mol. The van der Waals surface area contributed by atoms with Gasteiger partial charge in [-0.05, 0) is 28.1 Å². The predicted molar refractivity (Wildman–Crippen MR) is 63.3 cm³/mol. The second-order valence-electron chi connectivity index (χ2n) is 2.89. The van der Waals surface area contributed by atoms with Crippen LogP contribution >= 0.6 is 27.3 Å². The standard InChI is InChI=1S/C9H8BrN3OS/c10-7-1-2-8(15-7)13-4-6(3-11)9(14)12-5-13/h1-2,4-5H,3,11H2. The smallest absolute Gasteiger partial charge is 0.277 e. The molecule has 0 amide bonds. The highest BCUT2D eigenvalue weighted by Gasteiger charge is 2.03. The third kappa shape index (κ3) is 2.17. The predicted octanol–water partition coefficient (Wildman–Crippen LogP) is 1.52. The zero-order chi connectivity index (χ0) is 10.8. The Labute approximate surface area is 98.5 Å². The molecule has 0 saturated carbocycles. The van der Waals surface area contributed by atoms with Crippen molar-refractivity contribution in [1.82, 2.24) is 9.55 Å². The molecule has 0 aromatic carbocycles. The number of aromatic nitrogens is 2. The Hall–Kier alpha value is -0.980. The molecule has 0 aliphatic carbocycles. The molecule has 0 radical (unpaired) electrons. The highest BCUT2D eigenvalue weighted by atomic mass is 79.9. The number of hydrogen-bond acceptors (Lipinski definition) is 4. The van der Waals surface area contributed by atoms with Crippen LogP contribution in [0.2, 0.25) is 0 Å². The molecule has 6 heteroatoms. The average Bonchev–Trinajstić information content (AvgIpc) is 2.66. The van der Waals surface area contributed by atoms with Gasteiger partial charge < -0.3 is 5.73 Å². The Kier molecular flexibility index (Phi) is 2.99.